The summed E-state index contributed by atoms with van der Waals surface area (Å²) < 4.78 is 27.2. The summed E-state index contributed by atoms with van der Waals surface area (Å²) in [5.74, 6) is -0.164. The van der Waals surface area contributed by atoms with Gasteiger partial charge in [-0.25, -0.2) is 8.42 Å². The monoisotopic (exact) mass is 277 g/mol. The van der Waals surface area contributed by atoms with E-state index < -0.39 is 14.3 Å². The largest absolute Gasteiger partial charge is 0.472 e. The van der Waals surface area contributed by atoms with Gasteiger partial charge in [0, 0.05) is 30.2 Å². The molecule has 1 aliphatic rings. The lowest BCUT2D eigenvalue weighted by molar-refractivity contribution is -0.127. The Bertz CT molecular complexity index is 496. The van der Waals surface area contributed by atoms with E-state index in [1.54, 1.807) is 12.5 Å². The van der Waals surface area contributed by atoms with E-state index >= 15 is 0 Å². The van der Waals surface area contributed by atoms with Gasteiger partial charge in [-0.15, -0.1) is 0 Å². The fourth-order valence-electron chi connectivity index (χ4n) is 1.84. The molecule has 2 heterocycles. The van der Waals surface area contributed by atoms with Crippen LogP contribution >= 0.6 is 10.7 Å². The molecular formula is C10H12ClNO4S. The highest BCUT2D eigenvalue weighted by Crippen LogP contribution is 2.21. The Morgan fingerprint density at radius 1 is 1.53 bits per heavy atom. The van der Waals surface area contributed by atoms with Crippen molar-refractivity contribution in [2.24, 2.45) is 0 Å². The highest BCUT2D eigenvalue weighted by molar-refractivity contribution is 8.14. The van der Waals surface area contributed by atoms with E-state index in [1.807, 2.05) is 6.07 Å². The molecule has 0 N–H and O–H groups in total. The summed E-state index contributed by atoms with van der Waals surface area (Å²) in [7, 11) is 1.60. The third-order valence-electron chi connectivity index (χ3n) is 2.83. The molecular weight excluding hydrogens is 266 g/mol. The van der Waals surface area contributed by atoms with Crippen molar-refractivity contribution in [1.82, 2.24) is 4.90 Å². The van der Waals surface area contributed by atoms with E-state index in [0.717, 1.165) is 5.56 Å². The minimum atomic E-state index is -3.65. The van der Waals surface area contributed by atoms with Gasteiger partial charge in [-0.3, -0.25) is 4.79 Å². The molecule has 1 fully saturated rings. The fourth-order valence-corrected chi connectivity index (χ4v) is 2.90. The Morgan fingerprint density at radius 3 is 2.82 bits per heavy atom. The molecule has 0 saturated carbocycles. The van der Waals surface area contributed by atoms with Crippen molar-refractivity contribution in [3.63, 3.8) is 0 Å². The first-order chi connectivity index (χ1) is 7.97. The Balaban J connectivity index is 1.93. The predicted molar refractivity (Wildman–Crippen MR) is 62.2 cm³/mol. The average molecular weight is 278 g/mol. The molecule has 1 amide bonds. The number of carbonyl (C=O) groups is 1. The minimum Gasteiger partial charge on any atom is -0.472 e. The van der Waals surface area contributed by atoms with Crippen LogP contribution < -0.4 is 0 Å². The van der Waals surface area contributed by atoms with Crippen LogP contribution in [0.5, 0.6) is 0 Å². The van der Waals surface area contributed by atoms with Gasteiger partial charge in [-0.1, -0.05) is 0 Å². The maximum atomic E-state index is 11.6. The zero-order valence-electron chi connectivity index (χ0n) is 9.00. The quantitative estimate of drug-likeness (QED) is 0.770. The predicted octanol–water partition coefficient (Wildman–Crippen LogP) is 0.992. The number of amides is 1. The van der Waals surface area contributed by atoms with E-state index in [4.69, 9.17) is 15.1 Å². The molecule has 0 aliphatic carbocycles. The van der Waals surface area contributed by atoms with Crippen molar-refractivity contribution in [3.05, 3.63) is 24.2 Å². The second-order valence-electron chi connectivity index (χ2n) is 4.02. The summed E-state index contributed by atoms with van der Waals surface area (Å²) in [6, 6.07) is 1.82. The number of hydrogen-bond acceptors (Lipinski definition) is 4. The van der Waals surface area contributed by atoms with Gasteiger partial charge in [0.05, 0.1) is 12.5 Å². The average Bonchev–Trinajstić information content (AvgIpc) is 2.83. The number of hydrogen-bond donors (Lipinski definition) is 0. The maximum absolute atomic E-state index is 11.6. The Kier molecular flexibility index (Phi) is 3.44. The summed E-state index contributed by atoms with van der Waals surface area (Å²) in [5.41, 5.74) is 0.981. The molecule has 0 bridgehead atoms. The summed E-state index contributed by atoms with van der Waals surface area (Å²) in [6.07, 6.45) is 3.80. The first-order valence-corrected chi connectivity index (χ1v) is 7.56. The van der Waals surface area contributed by atoms with Crippen LogP contribution in [0.15, 0.2) is 23.0 Å². The molecule has 5 nitrogen and oxygen atoms in total. The van der Waals surface area contributed by atoms with Gasteiger partial charge in [-0.05, 0) is 18.1 Å². The molecule has 1 aromatic heterocycles. The fraction of sp³-hybridized carbons (Fsp3) is 0.500. The molecule has 2 rings (SSSR count). The Morgan fingerprint density at radius 2 is 2.29 bits per heavy atom. The van der Waals surface area contributed by atoms with E-state index in [9.17, 15) is 13.2 Å². The van der Waals surface area contributed by atoms with Crippen molar-refractivity contribution in [3.8, 4) is 0 Å². The Hall–Kier alpha value is -1.01. The molecule has 1 aromatic rings. The number of furan rings is 1. The van der Waals surface area contributed by atoms with Gasteiger partial charge in [0.2, 0.25) is 15.0 Å². The first kappa shape index (κ1) is 12.4. The third-order valence-corrected chi connectivity index (χ3v) is 4.70. The number of carbonyl (C=O) groups excluding carboxylic acids is 1. The number of likely N-dealkylation sites (tertiary alicyclic amines) is 1. The van der Waals surface area contributed by atoms with Crippen molar-refractivity contribution in [1.29, 1.82) is 0 Å². The molecule has 0 aromatic carbocycles. The van der Waals surface area contributed by atoms with Crippen LogP contribution in [0.2, 0.25) is 0 Å². The maximum Gasteiger partial charge on any atom is 0.237 e. The van der Waals surface area contributed by atoms with Crippen LogP contribution in [0.3, 0.4) is 0 Å². The second-order valence-corrected chi connectivity index (χ2v) is 6.93. The molecule has 1 saturated heterocycles. The van der Waals surface area contributed by atoms with Crippen LogP contribution in [0, 0.1) is 0 Å². The Labute approximate surface area is 104 Å². The zero-order valence-corrected chi connectivity index (χ0v) is 10.6. The zero-order chi connectivity index (χ0) is 12.5. The molecule has 94 valence electrons. The molecule has 0 radical (unpaired) electrons. The van der Waals surface area contributed by atoms with Crippen molar-refractivity contribution < 1.29 is 17.6 Å². The van der Waals surface area contributed by atoms with Gasteiger partial charge >= 0.3 is 0 Å². The van der Waals surface area contributed by atoms with E-state index in [-0.39, 0.29) is 18.9 Å². The first-order valence-electron chi connectivity index (χ1n) is 5.19. The molecule has 7 heteroatoms. The van der Waals surface area contributed by atoms with Crippen LogP contribution in [-0.2, 0) is 20.3 Å². The second kappa shape index (κ2) is 4.70. The number of nitrogens with zero attached hydrogens (tertiary/aromatic N) is 1. The van der Waals surface area contributed by atoms with Gasteiger partial charge in [0.1, 0.15) is 5.25 Å². The van der Waals surface area contributed by atoms with Crippen LogP contribution in [0.4, 0.5) is 0 Å². The van der Waals surface area contributed by atoms with Crippen molar-refractivity contribution in [2.45, 2.75) is 18.1 Å². The summed E-state index contributed by atoms with van der Waals surface area (Å²) in [4.78, 5) is 13.1. The summed E-state index contributed by atoms with van der Waals surface area (Å²) >= 11 is 0. The van der Waals surface area contributed by atoms with Crippen LogP contribution in [0.1, 0.15) is 12.0 Å². The van der Waals surface area contributed by atoms with E-state index in [2.05, 4.69) is 0 Å². The van der Waals surface area contributed by atoms with Crippen LogP contribution in [0.25, 0.3) is 0 Å². The van der Waals surface area contributed by atoms with Crippen LogP contribution in [-0.4, -0.2) is 37.6 Å². The van der Waals surface area contributed by atoms with Gasteiger partial charge in [0.25, 0.3) is 0 Å². The molecule has 1 unspecified atom stereocenters. The van der Waals surface area contributed by atoms with Crippen molar-refractivity contribution in [2.75, 3.05) is 13.1 Å². The molecule has 1 atom stereocenters. The lowest BCUT2D eigenvalue weighted by Gasteiger charge is -2.15. The third kappa shape index (κ3) is 3.01. The normalized spacial score (nSPS) is 21.1. The highest BCUT2D eigenvalue weighted by Gasteiger charge is 2.36. The topological polar surface area (TPSA) is 67.6 Å². The molecule has 1 aliphatic heterocycles. The summed E-state index contributed by atoms with van der Waals surface area (Å²) in [6.45, 7) is 0.670. The smallest absolute Gasteiger partial charge is 0.237 e. The van der Waals surface area contributed by atoms with E-state index in [0.29, 0.717) is 13.0 Å². The lowest BCUT2D eigenvalue weighted by atomic mass is 10.2. The van der Waals surface area contributed by atoms with Crippen molar-refractivity contribution >= 4 is 25.6 Å². The number of rotatable bonds is 4. The van der Waals surface area contributed by atoms with Gasteiger partial charge < -0.3 is 9.32 Å². The van der Waals surface area contributed by atoms with Gasteiger partial charge in [0.15, 0.2) is 0 Å². The van der Waals surface area contributed by atoms with E-state index in [1.165, 1.54) is 4.90 Å². The highest BCUT2D eigenvalue weighted by atomic mass is 35.7. The van der Waals surface area contributed by atoms with Gasteiger partial charge in [-0.2, -0.15) is 0 Å². The molecule has 0 spiro atoms. The lowest BCUT2D eigenvalue weighted by Crippen LogP contribution is -2.29. The number of halogens is 1. The minimum absolute atomic E-state index is 0.0166. The SMILES string of the molecule is O=C1CC(S(=O)(=O)Cl)CN1CCc1ccoc1. The summed E-state index contributed by atoms with van der Waals surface area (Å²) in [5, 5.41) is -0.777. The molecule has 17 heavy (non-hydrogen) atoms. The standard InChI is InChI=1S/C10H12ClNO4S/c11-17(14,15)9-5-10(13)12(6-9)3-1-8-2-4-16-7-8/h2,4,7,9H,1,3,5-6H2.